The molecule has 0 spiro atoms. The number of rotatable bonds is 12. The van der Waals surface area contributed by atoms with E-state index >= 15 is 0 Å². The second kappa shape index (κ2) is 12.0. The predicted octanol–water partition coefficient (Wildman–Crippen LogP) is 5.23. The molecule has 0 amide bonds. The molecule has 0 bridgehead atoms. The minimum atomic E-state index is -0.0709. The molecule has 18 heavy (non-hydrogen) atoms. The molecule has 0 aromatic rings. The van der Waals surface area contributed by atoms with Gasteiger partial charge in [0.1, 0.15) is 0 Å². The molecule has 0 aliphatic carbocycles. The highest BCUT2D eigenvalue weighted by Gasteiger charge is 2.08. The van der Waals surface area contributed by atoms with E-state index in [1.807, 2.05) is 0 Å². The van der Waals surface area contributed by atoms with Crippen molar-refractivity contribution < 1.29 is 4.84 Å². The average molecular weight is 257 g/mol. The van der Waals surface area contributed by atoms with Gasteiger partial charge in [-0.05, 0) is 27.2 Å². The Morgan fingerprint density at radius 3 is 1.61 bits per heavy atom. The normalized spacial score (nSPS) is 12.0. The van der Waals surface area contributed by atoms with Crippen LogP contribution in [0.2, 0.25) is 0 Å². The van der Waals surface area contributed by atoms with Crippen LogP contribution in [-0.4, -0.2) is 12.1 Å². The Balaban J connectivity index is 2.99. The largest absolute Gasteiger partial charge is 0.296 e. The first-order valence-corrected chi connectivity index (χ1v) is 7.97. The van der Waals surface area contributed by atoms with Crippen LogP contribution in [0.15, 0.2) is 0 Å². The van der Waals surface area contributed by atoms with Crippen LogP contribution in [0.25, 0.3) is 0 Å². The maximum atomic E-state index is 5.46. The van der Waals surface area contributed by atoms with Gasteiger partial charge in [-0.3, -0.25) is 4.84 Å². The molecule has 0 atom stereocenters. The standard InChI is InChI=1S/C16H35NO/c1-5-6-7-8-9-10-11-12-13-14-15-17-18-16(2,3)4/h17H,5-15H2,1-4H3. The van der Waals surface area contributed by atoms with Crippen molar-refractivity contribution in [3.8, 4) is 0 Å². The third-order valence-electron chi connectivity index (χ3n) is 3.01. The molecule has 0 rings (SSSR count). The molecule has 0 saturated carbocycles. The van der Waals surface area contributed by atoms with Crippen molar-refractivity contribution in [1.29, 1.82) is 0 Å². The van der Waals surface area contributed by atoms with Crippen LogP contribution in [0.3, 0.4) is 0 Å². The number of nitrogens with one attached hydrogen (secondary N) is 1. The fourth-order valence-corrected chi connectivity index (χ4v) is 1.95. The molecule has 110 valence electrons. The van der Waals surface area contributed by atoms with Gasteiger partial charge in [-0.25, -0.2) is 5.48 Å². The smallest absolute Gasteiger partial charge is 0.0812 e. The maximum Gasteiger partial charge on any atom is 0.0812 e. The monoisotopic (exact) mass is 257 g/mol. The van der Waals surface area contributed by atoms with Gasteiger partial charge in [-0.1, -0.05) is 64.7 Å². The fraction of sp³-hybridized carbons (Fsp3) is 1.00. The molecule has 0 aromatic heterocycles. The lowest BCUT2D eigenvalue weighted by Crippen LogP contribution is -2.29. The van der Waals surface area contributed by atoms with Crippen LogP contribution < -0.4 is 5.48 Å². The molecule has 2 heteroatoms. The Morgan fingerprint density at radius 1 is 0.722 bits per heavy atom. The van der Waals surface area contributed by atoms with Crippen molar-refractivity contribution in [2.24, 2.45) is 0 Å². The summed E-state index contributed by atoms with van der Waals surface area (Å²) in [5.74, 6) is 0. The van der Waals surface area contributed by atoms with E-state index in [0.717, 1.165) is 6.54 Å². The first-order valence-electron chi connectivity index (χ1n) is 7.97. The zero-order valence-electron chi connectivity index (χ0n) is 13.2. The second-order valence-electron chi connectivity index (χ2n) is 6.29. The SMILES string of the molecule is CCCCCCCCCCCCNOC(C)(C)C. The van der Waals surface area contributed by atoms with Crippen molar-refractivity contribution in [1.82, 2.24) is 5.48 Å². The van der Waals surface area contributed by atoms with E-state index in [0.29, 0.717) is 0 Å². The summed E-state index contributed by atoms with van der Waals surface area (Å²) in [4.78, 5) is 5.46. The summed E-state index contributed by atoms with van der Waals surface area (Å²) in [5, 5.41) is 0. The van der Waals surface area contributed by atoms with E-state index in [2.05, 4.69) is 33.2 Å². The number of hydroxylamine groups is 1. The fourth-order valence-electron chi connectivity index (χ4n) is 1.95. The van der Waals surface area contributed by atoms with Gasteiger partial charge in [0.05, 0.1) is 5.60 Å². The highest BCUT2D eigenvalue weighted by molar-refractivity contribution is 4.56. The first kappa shape index (κ1) is 17.9. The molecule has 0 saturated heterocycles. The molecule has 2 nitrogen and oxygen atoms in total. The molecule has 1 N–H and O–H groups in total. The van der Waals surface area contributed by atoms with Crippen molar-refractivity contribution >= 4 is 0 Å². The van der Waals surface area contributed by atoms with Crippen LogP contribution in [0, 0.1) is 0 Å². The van der Waals surface area contributed by atoms with Gasteiger partial charge in [0.25, 0.3) is 0 Å². The van der Waals surface area contributed by atoms with E-state index in [9.17, 15) is 0 Å². The lowest BCUT2D eigenvalue weighted by molar-refractivity contribution is -0.0726. The van der Waals surface area contributed by atoms with Crippen LogP contribution in [0.1, 0.15) is 91.9 Å². The molecule has 0 aromatic carbocycles. The molecular formula is C16H35NO. The Kier molecular flexibility index (Phi) is 11.9. The van der Waals surface area contributed by atoms with E-state index < -0.39 is 0 Å². The third-order valence-corrected chi connectivity index (χ3v) is 3.01. The molecular weight excluding hydrogens is 222 g/mol. The zero-order chi connectivity index (χ0) is 13.7. The van der Waals surface area contributed by atoms with Crippen LogP contribution in [-0.2, 0) is 4.84 Å². The van der Waals surface area contributed by atoms with Crippen LogP contribution in [0.5, 0.6) is 0 Å². The maximum absolute atomic E-state index is 5.46. The first-order chi connectivity index (χ1) is 8.56. The highest BCUT2D eigenvalue weighted by Crippen LogP contribution is 2.10. The van der Waals surface area contributed by atoms with Crippen molar-refractivity contribution in [3.05, 3.63) is 0 Å². The van der Waals surface area contributed by atoms with Gasteiger partial charge in [0.2, 0.25) is 0 Å². The second-order valence-corrected chi connectivity index (χ2v) is 6.29. The van der Waals surface area contributed by atoms with E-state index in [-0.39, 0.29) is 5.60 Å². The summed E-state index contributed by atoms with van der Waals surface area (Å²) >= 11 is 0. The lowest BCUT2D eigenvalue weighted by Gasteiger charge is -2.19. The summed E-state index contributed by atoms with van der Waals surface area (Å²) in [6.45, 7) is 9.46. The summed E-state index contributed by atoms with van der Waals surface area (Å²) in [6.07, 6.45) is 13.8. The van der Waals surface area contributed by atoms with Crippen molar-refractivity contribution in [2.75, 3.05) is 6.54 Å². The summed E-state index contributed by atoms with van der Waals surface area (Å²) in [5.41, 5.74) is 2.98. The third kappa shape index (κ3) is 15.9. The average Bonchev–Trinajstić information content (AvgIpc) is 2.29. The van der Waals surface area contributed by atoms with E-state index in [1.54, 1.807) is 0 Å². The topological polar surface area (TPSA) is 21.3 Å². The summed E-state index contributed by atoms with van der Waals surface area (Å²) in [6, 6.07) is 0. The Labute approximate surface area is 115 Å². The molecule has 0 radical (unpaired) electrons. The van der Waals surface area contributed by atoms with Gasteiger partial charge >= 0.3 is 0 Å². The lowest BCUT2D eigenvalue weighted by atomic mass is 10.1. The van der Waals surface area contributed by atoms with Gasteiger partial charge in [-0.2, -0.15) is 0 Å². The summed E-state index contributed by atoms with van der Waals surface area (Å²) < 4.78 is 0. The Morgan fingerprint density at radius 2 is 1.17 bits per heavy atom. The van der Waals surface area contributed by atoms with Crippen LogP contribution in [0.4, 0.5) is 0 Å². The van der Waals surface area contributed by atoms with Gasteiger partial charge in [0, 0.05) is 6.54 Å². The minimum absolute atomic E-state index is 0.0709. The van der Waals surface area contributed by atoms with Gasteiger partial charge < -0.3 is 0 Å². The predicted molar refractivity (Wildman–Crippen MR) is 80.7 cm³/mol. The summed E-state index contributed by atoms with van der Waals surface area (Å²) in [7, 11) is 0. The van der Waals surface area contributed by atoms with Crippen molar-refractivity contribution in [2.45, 2.75) is 97.5 Å². The highest BCUT2D eigenvalue weighted by atomic mass is 16.7. The molecule has 0 fully saturated rings. The van der Waals surface area contributed by atoms with Crippen molar-refractivity contribution in [3.63, 3.8) is 0 Å². The van der Waals surface area contributed by atoms with Crippen LogP contribution >= 0.6 is 0 Å². The molecule has 0 aliphatic rings. The Bertz CT molecular complexity index is 163. The number of hydrogen-bond donors (Lipinski definition) is 1. The quantitative estimate of drug-likeness (QED) is 0.382. The Hall–Kier alpha value is -0.0800. The van der Waals surface area contributed by atoms with Gasteiger partial charge in [-0.15, -0.1) is 0 Å². The number of unbranched alkanes of at least 4 members (excludes halogenated alkanes) is 9. The van der Waals surface area contributed by atoms with E-state index in [4.69, 9.17) is 4.84 Å². The minimum Gasteiger partial charge on any atom is -0.296 e. The zero-order valence-corrected chi connectivity index (χ0v) is 13.2. The van der Waals surface area contributed by atoms with E-state index in [1.165, 1.54) is 64.2 Å². The molecule has 0 unspecified atom stereocenters. The van der Waals surface area contributed by atoms with Gasteiger partial charge in [0.15, 0.2) is 0 Å². The molecule has 0 aliphatic heterocycles. The molecule has 0 heterocycles. The number of hydrogen-bond acceptors (Lipinski definition) is 2.